The summed E-state index contributed by atoms with van der Waals surface area (Å²) in [6.07, 6.45) is 4.63. The molecule has 0 fully saturated rings. The normalized spacial score (nSPS) is 11.3. The molecule has 1 amide bonds. The number of unbranched alkanes of at least 4 members (excludes halogenated alkanes) is 3. The third-order valence-electron chi connectivity index (χ3n) is 2.96. The Morgan fingerprint density at radius 3 is 2.38 bits per heavy atom. The van der Waals surface area contributed by atoms with Gasteiger partial charge in [0.15, 0.2) is 0 Å². The molecule has 1 aromatic carbocycles. The van der Waals surface area contributed by atoms with Gasteiger partial charge in [-0.05, 0) is 37.2 Å². The first-order valence-electron chi connectivity index (χ1n) is 7.07. The van der Waals surface area contributed by atoms with Gasteiger partial charge >= 0.3 is 0 Å². The fourth-order valence-corrected chi connectivity index (χ4v) is 2.33. The van der Waals surface area contributed by atoms with E-state index in [9.17, 15) is 13.2 Å². The van der Waals surface area contributed by atoms with E-state index < -0.39 is 10.0 Å². The molecule has 4 N–H and O–H groups in total. The first kappa shape index (κ1) is 17.6. The van der Waals surface area contributed by atoms with E-state index in [1.165, 1.54) is 43.5 Å². The number of hydrogen-bond donors (Lipinski definition) is 3. The van der Waals surface area contributed by atoms with Gasteiger partial charge in [-0.1, -0.05) is 26.2 Å². The summed E-state index contributed by atoms with van der Waals surface area (Å²) in [5.41, 5.74) is 0.542. The summed E-state index contributed by atoms with van der Waals surface area (Å²) in [5.74, 6) is -0.158. The number of carbonyl (C=O) groups excluding carboxylic acids is 1. The van der Waals surface area contributed by atoms with Gasteiger partial charge < -0.3 is 10.6 Å². The quantitative estimate of drug-likeness (QED) is 0.600. The Morgan fingerprint density at radius 1 is 1.14 bits per heavy atom. The minimum absolute atomic E-state index is 0.0227. The van der Waals surface area contributed by atoms with E-state index >= 15 is 0 Å². The smallest absolute Gasteiger partial charge is 0.238 e. The molecule has 0 spiro atoms. The molecule has 0 radical (unpaired) electrons. The van der Waals surface area contributed by atoms with Gasteiger partial charge in [-0.25, -0.2) is 13.6 Å². The van der Waals surface area contributed by atoms with Crippen molar-refractivity contribution in [2.45, 2.75) is 37.5 Å². The summed E-state index contributed by atoms with van der Waals surface area (Å²) in [4.78, 5) is 11.7. The van der Waals surface area contributed by atoms with Crippen LogP contribution in [0.15, 0.2) is 29.2 Å². The fraction of sp³-hybridized carbons (Fsp3) is 0.500. The molecule has 0 aromatic heterocycles. The van der Waals surface area contributed by atoms with E-state index in [1.807, 2.05) is 0 Å². The maximum absolute atomic E-state index is 11.7. The van der Waals surface area contributed by atoms with Gasteiger partial charge in [0.05, 0.1) is 11.4 Å². The van der Waals surface area contributed by atoms with Crippen LogP contribution in [0, 0.1) is 0 Å². The van der Waals surface area contributed by atoms with Crippen molar-refractivity contribution < 1.29 is 13.2 Å². The second kappa shape index (κ2) is 8.76. The van der Waals surface area contributed by atoms with E-state index in [0.717, 1.165) is 13.0 Å². The molecule has 0 aliphatic carbocycles. The Bertz CT molecular complexity index is 541. The lowest BCUT2D eigenvalue weighted by Gasteiger charge is -2.07. The topological polar surface area (TPSA) is 101 Å². The van der Waals surface area contributed by atoms with Gasteiger partial charge in [0, 0.05) is 5.69 Å². The van der Waals surface area contributed by atoms with Crippen molar-refractivity contribution in [3.05, 3.63) is 24.3 Å². The van der Waals surface area contributed by atoms with Crippen LogP contribution in [0.2, 0.25) is 0 Å². The Morgan fingerprint density at radius 2 is 1.81 bits per heavy atom. The molecule has 1 rings (SSSR count). The third kappa shape index (κ3) is 7.22. The van der Waals surface area contributed by atoms with Crippen LogP contribution < -0.4 is 15.8 Å². The number of nitrogens with two attached hydrogens (primary N) is 1. The molecule has 118 valence electrons. The van der Waals surface area contributed by atoms with Crippen LogP contribution in [0.25, 0.3) is 0 Å². The van der Waals surface area contributed by atoms with Crippen molar-refractivity contribution in [2.75, 3.05) is 18.4 Å². The summed E-state index contributed by atoms with van der Waals surface area (Å²) >= 11 is 0. The number of hydrogen-bond acceptors (Lipinski definition) is 4. The highest BCUT2D eigenvalue weighted by atomic mass is 32.2. The number of rotatable bonds is 9. The molecular formula is C14H23N3O3S. The Hall–Kier alpha value is -1.44. The molecule has 0 atom stereocenters. The molecule has 0 saturated carbocycles. The van der Waals surface area contributed by atoms with Crippen LogP contribution in [-0.2, 0) is 14.8 Å². The summed E-state index contributed by atoms with van der Waals surface area (Å²) < 4.78 is 22.2. The zero-order chi connectivity index (χ0) is 15.7. The average molecular weight is 313 g/mol. The largest absolute Gasteiger partial charge is 0.325 e. The van der Waals surface area contributed by atoms with Crippen molar-refractivity contribution in [2.24, 2.45) is 5.14 Å². The van der Waals surface area contributed by atoms with E-state index in [1.54, 1.807) is 0 Å². The Balaban J connectivity index is 2.31. The highest BCUT2D eigenvalue weighted by molar-refractivity contribution is 7.89. The Kier molecular flexibility index (Phi) is 7.35. The van der Waals surface area contributed by atoms with Crippen LogP contribution >= 0.6 is 0 Å². The van der Waals surface area contributed by atoms with Gasteiger partial charge in [-0.2, -0.15) is 0 Å². The molecular weight excluding hydrogens is 290 g/mol. The minimum Gasteiger partial charge on any atom is -0.325 e. The van der Waals surface area contributed by atoms with Crippen LogP contribution in [0.1, 0.15) is 32.6 Å². The number of sulfonamides is 1. The zero-order valence-corrected chi connectivity index (χ0v) is 13.1. The maximum atomic E-state index is 11.7. The van der Waals surface area contributed by atoms with E-state index in [-0.39, 0.29) is 17.3 Å². The lowest BCUT2D eigenvalue weighted by molar-refractivity contribution is -0.115. The lowest BCUT2D eigenvalue weighted by Crippen LogP contribution is -2.28. The van der Waals surface area contributed by atoms with Gasteiger partial charge in [-0.15, -0.1) is 0 Å². The predicted octanol–water partition coefficient (Wildman–Crippen LogP) is 1.44. The van der Waals surface area contributed by atoms with Gasteiger partial charge in [0.2, 0.25) is 15.9 Å². The fourth-order valence-electron chi connectivity index (χ4n) is 1.81. The maximum Gasteiger partial charge on any atom is 0.238 e. The molecule has 6 nitrogen and oxygen atoms in total. The standard InChI is InChI=1S/C14H23N3O3S/c1-2-3-4-5-10-16-11-14(18)17-12-6-8-13(9-7-12)21(15,19)20/h6-9,16H,2-5,10-11H2,1H3,(H,17,18)(H2,15,19,20). The van der Waals surface area contributed by atoms with Crippen molar-refractivity contribution in [3.63, 3.8) is 0 Å². The number of benzene rings is 1. The minimum atomic E-state index is -3.70. The highest BCUT2D eigenvalue weighted by Gasteiger charge is 2.07. The van der Waals surface area contributed by atoms with Crippen molar-refractivity contribution in [1.29, 1.82) is 0 Å². The highest BCUT2D eigenvalue weighted by Crippen LogP contribution is 2.12. The van der Waals surface area contributed by atoms with Crippen LogP contribution in [0.4, 0.5) is 5.69 Å². The van der Waals surface area contributed by atoms with Crippen molar-refractivity contribution >= 4 is 21.6 Å². The number of anilines is 1. The predicted molar refractivity (Wildman–Crippen MR) is 83.5 cm³/mol. The monoisotopic (exact) mass is 313 g/mol. The number of primary sulfonamides is 1. The molecule has 21 heavy (non-hydrogen) atoms. The molecule has 1 aromatic rings. The van der Waals surface area contributed by atoms with Crippen molar-refractivity contribution in [3.8, 4) is 0 Å². The summed E-state index contributed by atoms with van der Waals surface area (Å²) in [5, 5.41) is 10.8. The van der Waals surface area contributed by atoms with E-state index in [4.69, 9.17) is 5.14 Å². The average Bonchev–Trinajstić information content (AvgIpc) is 2.42. The SMILES string of the molecule is CCCCCCNCC(=O)Nc1ccc(S(N)(=O)=O)cc1. The molecule has 0 unspecified atom stereocenters. The first-order chi connectivity index (χ1) is 9.93. The van der Waals surface area contributed by atoms with E-state index in [2.05, 4.69) is 17.6 Å². The summed E-state index contributed by atoms with van der Waals surface area (Å²) in [7, 11) is -3.70. The van der Waals surface area contributed by atoms with Gasteiger partial charge in [0.25, 0.3) is 0 Å². The summed E-state index contributed by atoms with van der Waals surface area (Å²) in [6.45, 7) is 3.21. The van der Waals surface area contributed by atoms with Crippen molar-refractivity contribution in [1.82, 2.24) is 5.32 Å². The Labute approximate surface area is 126 Å². The van der Waals surface area contributed by atoms with Gasteiger partial charge in [-0.3, -0.25) is 4.79 Å². The lowest BCUT2D eigenvalue weighted by atomic mass is 10.2. The second-order valence-corrected chi connectivity index (χ2v) is 6.42. The molecule has 0 saturated heterocycles. The second-order valence-electron chi connectivity index (χ2n) is 4.85. The summed E-state index contributed by atoms with van der Waals surface area (Å²) in [6, 6.07) is 5.75. The molecule has 0 heterocycles. The molecule has 0 aliphatic rings. The number of carbonyl (C=O) groups is 1. The van der Waals surface area contributed by atoms with E-state index in [0.29, 0.717) is 5.69 Å². The van der Waals surface area contributed by atoms with Crippen LogP contribution in [0.5, 0.6) is 0 Å². The number of nitrogens with one attached hydrogen (secondary N) is 2. The first-order valence-corrected chi connectivity index (χ1v) is 8.61. The van der Waals surface area contributed by atoms with Crippen LogP contribution in [-0.4, -0.2) is 27.4 Å². The number of amides is 1. The third-order valence-corrected chi connectivity index (χ3v) is 3.89. The molecule has 0 bridgehead atoms. The van der Waals surface area contributed by atoms with Crippen LogP contribution in [0.3, 0.4) is 0 Å². The molecule has 7 heteroatoms. The van der Waals surface area contributed by atoms with Gasteiger partial charge in [0.1, 0.15) is 0 Å². The zero-order valence-electron chi connectivity index (χ0n) is 12.3. The molecule has 0 aliphatic heterocycles.